The fourth-order valence-corrected chi connectivity index (χ4v) is 6.58. The highest BCUT2D eigenvalue weighted by Gasteiger charge is 2.85. The minimum atomic E-state index is -3.90. The minimum absolute atomic E-state index is 0.123. The van der Waals surface area contributed by atoms with E-state index in [0.717, 1.165) is 18.1 Å². The van der Waals surface area contributed by atoms with E-state index in [1.54, 1.807) is 6.92 Å². The van der Waals surface area contributed by atoms with Crippen molar-refractivity contribution in [1.82, 2.24) is 0 Å². The molecule has 2 heterocycles. The first-order valence-corrected chi connectivity index (χ1v) is 16.1. The molecule has 0 spiro atoms. The Morgan fingerprint density at radius 2 is 1.67 bits per heavy atom. The standard InChI is InChI=1S/C35H46O14/c1-7-19(2)17-20(3)13-14-25(37)47-28-27(38)33(48-29(30(39)40)34(45,31(41)42)35(28,49-33)32(43)44)16-15-21(4)26(46-23(6)36)22(5)18-24-11-9-8-10-12-24/h8-14,19-20,22,26-29,38,45H,4,7,15-18H2,1-3,5-6H3,(H,39,40)(H,41,42)(H,43,44)/b14-13+/t19-,20-,22+,26+,27-,28-,29-,33+,34-,35+/m1/s1/i1+1,7+1,13+1,14+1,15+1,16+1,17+1,19+1,20+1,21+1,22+1,25+1,26+1,27+1,28+1,29+1,30+1,31+1,32+1,33+1,34+1,35+1. The van der Waals surface area contributed by atoms with Gasteiger partial charge in [0.1, 0.15) is 12.2 Å². The van der Waals surface area contributed by atoms with Gasteiger partial charge in [0.05, 0.1) is 0 Å². The molecule has 0 unspecified atom stereocenters. The van der Waals surface area contributed by atoms with E-state index in [9.17, 15) is 49.5 Å². The predicted octanol–water partition coefficient (Wildman–Crippen LogP) is 2.88. The third-order valence-electron chi connectivity index (χ3n) is 9.29. The Morgan fingerprint density at radius 1 is 1.04 bits per heavy atom. The zero-order valence-corrected chi connectivity index (χ0v) is 28.2. The van der Waals surface area contributed by atoms with Gasteiger partial charge in [0, 0.05) is 25.3 Å². The zero-order chi connectivity index (χ0) is 36.9. The molecule has 5 N–H and O–H groups in total. The van der Waals surface area contributed by atoms with Gasteiger partial charge in [-0.1, -0.05) is 77.1 Å². The van der Waals surface area contributed by atoms with Crippen LogP contribution in [-0.2, 0) is 49.3 Å². The molecule has 2 bridgehead atoms. The Labute approximate surface area is 284 Å². The Hall–Kier alpha value is -4.11. The lowest BCUT2D eigenvalue weighted by atomic mass is 10.2. The van der Waals surface area contributed by atoms with E-state index in [1.807, 2.05) is 51.1 Å². The monoisotopic (exact) mass is 712 g/mol. The Bertz CT molecular complexity index is 1440. The van der Waals surface area contributed by atoms with E-state index in [0.29, 0.717) is 18.8 Å². The van der Waals surface area contributed by atoms with E-state index in [2.05, 4.69) is 6.58 Å². The summed E-state index contributed by atoms with van der Waals surface area (Å²) >= 11 is 0. The second kappa shape index (κ2) is 15.6. The van der Waals surface area contributed by atoms with Crippen molar-refractivity contribution < 1.29 is 68.5 Å². The highest BCUT2D eigenvalue weighted by molar-refractivity contribution is 5.98. The van der Waals surface area contributed by atoms with Crippen LogP contribution in [0.1, 0.15) is 65.9 Å². The molecule has 14 nitrogen and oxygen atoms in total. The molecule has 0 aliphatic carbocycles. The van der Waals surface area contributed by atoms with Crippen LogP contribution in [0, 0.1) is 17.8 Å². The molecule has 49 heavy (non-hydrogen) atoms. The van der Waals surface area contributed by atoms with Gasteiger partial charge in [0.25, 0.3) is 0 Å². The quantitative estimate of drug-likeness (QED) is 0.0678. The van der Waals surface area contributed by atoms with Crippen molar-refractivity contribution >= 4 is 29.8 Å². The second-order valence-corrected chi connectivity index (χ2v) is 13.1. The van der Waals surface area contributed by atoms with Crippen LogP contribution in [0.3, 0.4) is 0 Å². The average molecular weight is 713 g/mol. The molecule has 14 heteroatoms. The molecule has 2 aliphatic rings. The number of rotatable bonds is 17. The van der Waals surface area contributed by atoms with E-state index in [-0.39, 0.29) is 23.8 Å². The van der Waals surface area contributed by atoms with Crippen LogP contribution in [0.2, 0.25) is 0 Å². The summed E-state index contributed by atoms with van der Waals surface area (Å²) in [6.45, 7) is 12.9. The first-order valence-electron chi connectivity index (χ1n) is 16.1. The Morgan fingerprint density at radius 3 is 2.20 bits per heavy atom. The first kappa shape index (κ1) is 39.3. The molecule has 0 radical (unpaired) electrons. The normalized spacial score (nSPS) is 30.1. The average Bonchev–Trinajstić information content (AvgIpc) is 3.25. The molecule has 0 amide bonds. The van der Waals surface area contributed by atoms with Crippen LogP contribution in [0.15, 0.2) is 54.6 Å². The minimum Gasteiger partial charge on any atom is -0.479 e. The summed E-state index contributed by atoms with van der Waals surface area (Å²) in [6, 6.07) is 9.29. The number of carbonyl (C=O) groups excluding carboxylic acids is 2. The maximum atomic E-state index is 13.0. The van der Waals surface area contributed by atoms with Crippen LogP contribution >= 0.6 is 0 Å². The number of fused-ring (bicyclic) bond motifs is 2. The summed E-state index contributed by atoms with van der Waals surface area (Å²) < 4.78 is 22.0. The third-order valence-corrected chi connectivity index (χ3v) is 9.29. The van der Waals surface area contributed by atoms with Crippen molar-refractivity contribution in [3.8, 4) is 0 Å². The molecule has 2 saturated heterocycles. The number of aliphatic carboxylic acids is 3. The molecule has 2 fully saturated rings. The third kappa shape index (κ3) is 7.88. The molecule has 10 atom stereocenters. The van der Waals surface area contributed by atoms with Gasteiger partial charge in [0.15, 0.2) is 6.10 Å². The molecule has 270 valence electrons. The smallest absolute Gasteiger partial charge is 0.344 e. The van der Waals surface area contributed by atoms with Crippen molar-refractivity contribution in [2.75, 3.05) is 0 Å². The number of esters is 2. The topological polar surface area (TPSA) is 223 Å². The molecule has 0 saturated carbocycles. The van der Waals surface area contributed by atoms with Gasteiger partial charge in [-0.2, -0.15) is 0 Å². The Kier molecular flexibility index (Phi) is 12.5. The SMILES string of the molecule is C=[13C]([13CH2][13CH2][13C@]12O[13C@H]([13C](=O)O)[13C@@](O)([13C](=O)O)[13C@]([13C](=O)O)(O1)[13C@H](O[13C](=O)/[13CH]=[13CH]/[13C@@H](C)[13CH2][13C@H](C)[13CH2][13CH3])[13C@H]2O)[13C@H](OC(C)=O)[13C@@H](C)Cc1ccccc1. The van der Waals surface area contributed by atoms with Crippen LogP contribution in [0.25, 0.3) is 0 Å². The summed E-state index contributed by atoms with van der Waals surface area (Å²) in [5.74, 6) is -11.3. The van der Waals surface area contributed by atoms with Crippen molar-refractivity contribution in [2.24, 2.45) is 17.8 Å². The van der Waals surface area contributed by atoms with Crippen molar-refractivity contribution in [3.05, 3.63) is 60.2 Å². The number of aliphatic hydroxyl groups is 2. The molecular formula is C35H46O14. The maximum absolute atomic E-state index is 13.0. The van der Waals surface area contributed by atoms with Gasteiger partial charge in [-0.05, 0) is 42.2 Å². The fraction of sp³-hybridized carbons (Fsp3) is 0.571. The summed E-state index contributed by atoms with van der Waals surface area (Å²) in [5, 5.41) is 53.5. The van der Waals surface area contributed by atoms with Crippen molar-refractivity contribution in [3.63, 3.8) is 0 Å². The van der Waals surface area contributed by atoms with Crippen LogP contribution in [0.5, 0.6) is 0 Å². The number of ether oxygens (including phenoxy) is 4. The van der Waals surface area contributed by atoms with Gasteiger partial charge in [-0.15, -0.1) is 0 Å². The molecule has 1 aromatic rings. The number of allylic oxidation sites excluding steroid dienone is 1. The predicted molar refractivity (Wildman–Crippen MR) is 171 cm³/mol. The van der Waals surface area contributed by atoms with Crippen LogP contribution < -0.4 is 0 Å². The van der Waals surface area contributed by atoms with E-state index < -0.39 is 77.7 Å². The van der Waals surface area contributed by atoms with Crippen LogP contribution in [0.4, 0.5) is 0 Å². The first-order chi connectivity index (χ1) is 22.9. The van der Waals surface area contributed by atoms with E-state index in [1.165, 1.54) is 13.0 Å². The van der Waals surface area contributed by atoms with Gasteiger partial charge < -0.3 is 44.5 Å². The number of benzene rings is 1. The molecule has 0 aromatic heterocycles. The fourth-order valence-electron chi connectivity index (χ4n) is 6.58. The number of hydrogen-bond donors (Lipinski definition) is 5. The van der Waals surface area contributed by atoms with Gasteiger partial charge in [-0.25, -0.2) is 19.2 Å². The number of aliphatic hydroxyl groups excluding tert-OH is 1. The van der Waals surface area contributed by atoms with Gasteiger partial charge >= 0.3 is 29.8 Å². The largest absolute Gasteiger partial charge is 0.479 e. The van der Waals surface area contributed by atoms with Gasteiger partial charge in [0.2, 0.25) is 23.1 Å². The van der Waals surface area contributed by atoms with Crippen molar-refractivity contribution in [1.29, 1.82) is 0 Å². The van der Waals surface area contributed by atoms with E-state index >= 15 is 0 Å². The maximum Gasteiger partial charge on any atom is 0.344 e. The summed E-state index contributed by atoms with van der Waals surface area (Å²) in [6.07, 6.45) is -4.83. The van der Waals surface area contributed by atoms with Gasteiger partial charge in [-0.3, -0.25) is 4.79 Å². The highest BCUT2D eigenvalue weighted by Crippen LogP contribution is 2.56. The summed E-state index contributed by atoms with van der Waals surface area (Å²) in [7, 11) is 0. The second-order valence-electron chi connectivity index (χ2n) is 13.1. The van der Waals surface area contributed by atoms with Crippen molar-refractivity contribution in [2.45, 2.75) is 108 Å². The van der Waals surface area contributed by atoms with E-state index in [4.69, 9.17) is 18.9 Å². The number of carbonyl (C=O) groups is 5. The lowest BCUT2D eigenvalue weighted by molar-refractivity contribution is -0.374. The Balaban J connectivity index is 2.02. The summed E-state index contributed by atoms with van der Waals surface area (Å²) in [5.41, 5.74) is -6.27. The lowest BCUT2D eigenvalue weighted by Crippen LogP contribution is -2.78. The highest BCUT2D eigenvalue weighted by atomic mass is 17.0. The number of carboxylic acids is 3. The molecular weight excluding hydrogens is 666 g/mol. The summed E-state index contributed by atoms with van der Waals surface area (Å²) in [4.78, 5) is 63.0. The molecule has 1 aromatic carbocycles. The number of carboxylic acid groups (broad SMARTS) is 3. The zero-order valence-electron chi connectivity index (χ0n) is 28.2. The molecule has 2 aliphatic heterocycles. The number of hydrogen-bond acceptors (Lipinski definition) is 11. The lowest BCUT2D eigenvalue weighted by Gasteiger charge is -2.48. The molecule has 3 rings (SSSR count). The van der Waals surface area contributed by atoms with Crippen LogP contribution in [-0.4, -0.2) is 96.8 Å².